The number of hydrogen-bond donors (Lipinski definition) is 1. The third-order valence-electron chi connectivity index (χ3n) is 2.85. The molecule has 17 heavy (non-hydrogen) atoms. The van der Waals surface area contributed by atoms with Crippen LogP contribution in [0.1, 0.15) is 18.7 Å². The van der Waals surface area contributed by atoms with Crippen molar-refractivity contribution in [1.82, 2.24) is 9.55 Å². The second kappa shape index (κ2) is 3.98. The van der Waals surface area contributed by atoms with E-state index in [-0.39, 0.29) is 6.04 Å². The third kappa shape index (κ3) is 1.75. The van der Waals surface area contributed by atoms with Gasteiger partial charge in [-0.2, -0.15) is 0 Å². The van der Waals surface area contributed by atoms with Gasteiger partial charge in [-0.3, -0.25) is 0 Å². The number of nitrogens with two attached hydrogens (primary N) is 1. The summed E-state index contributed by atoms with van der Waals surface area (Å²) in [4.78, 5) is 4.17. The average Bonchev–Trinajstić information content (AvgIpc) is 2.96. The largest absolute Gasteiger partial charge is 0.323 e. The number of thiophene rings is 1. The zero-order valence-corrected chi connectivity index (χ0v) is 10.3. The fraction of sp³-hybridized carbons (Fsp3) is 0.154. The maximum atomic E-state index is 5.93. The van der Waals surface area contributed by atoms with Crippen molar-refractivity contribution in [3.8, 4) is 5.69 Å². The molecule has 0 amide bonds. The van der Waals surface area contributed by atoms with Crippen LogP contribution < -0.4 is 5.73 Å². The number of nitrogens with zero attached hydrogens (tertiary/aromatic N) is 2. The average molecular weight is 243 g/mol. The van der Waals surface area contributed by atoms with Crippen molar-refractivity contribution in [2.45, 2.75) is 13.0 Å². The van der Waals surface area contributed by atoms with Gasteiger partial charge in [0.1, 0.15) is 0 Å². The summed E-state index contributed by atoms with van der Waals surface area (Å²) in [6.45, 7) is 1.97. The number of aromatic nitrogens is 2. The Balaban J connectivity index is 2.16. The Morgan fingerprint density at radius 3 is 3.06 bits per heavy atom. The van der Waals surface area contributed by atoms with E-state index in [2.05, 4.69) is 34.6 Å². The monoisotopic (exact) mass is 243 g/mol. The second-order valence-electron chi connectivity index (χ2n) is 4.12. The molecular weight excluding hydrogens is 230 g/mol. The quantitative estimate of drug-likeness (QED) is 0.751. The highest BCUT2D eigenvalue weighted by Gasteiger charge is 2.08. The van der Waals surface area contributed by atoms with Gasteiger partial charge in [0.05, 0.1) is 18.2 Å². The maximum Gasteiger partial charge on any atom is 0.0994 e. The molecule has 0 spiro atoms. The van der Waals surface area contributed by atoms with Crippen molar-refractivity contribution in [2.24, 2.45) is 5.73 Å². The van der Waals surface area contributed by atoms with Gasteiger partial charge in [0, 0.05) is 16.4 Å². The van der Waals surface area contributed by atoms with Gasteiger partial charge < -0.3 is 10.3 Å². The molecule has 3 nitrogen and oxygen atoms in total. The highest BCUT2D eigenvalue weighted by molar-refractivity contribution is 7.17. The van der Waals surface area contributed by atoms with Gasteiger partial charge in [-0.1, -0.05) is 0 Å². The lowest BCUT2D eigenvalue weighted by Gasteiger charge is -2.10. The van der Waals surface area contributed by atoms with Gasteiger partial charge in [-0.05, 0) is 42.0 Å². The van der Waals surface area contributed by atoms with Crippen LogP contribution in [0.15, 0.2) is 42.2 Å². The van der Waals surface area contributed by atoms with Gasteiger partial charge in [-0.25, -0.2) is 4.98 Å². The third-order valence-corrected chi connectivity index (χ3v) is 3.75. The van der Waals surface area contributed by atoms with E-state index in [1.807, 2.05) is 24.0 Å². The minimum atomic E-state index is -0.0179. The lowest BCUT2D eigenvalue weighted by Crippen LogP contribution is -2.10. The topological polar surface area (TPSA) is 43.8 Å². The van der Waals surface area contributed by atoms with E-state index >= 15 is 0 Å². The minimum absolute atomic E-state index is 0.0179. The van der Waals surface area contributed by atoms with Gasteiger partial charge in [0.25, 0.3) is 0 Å². The first-order valence-electron chi connectivity index (χ1n) is 5.51. The highest BCUT2D eigenvalue weighted by atomic mass is 32.1. The van der Waals surface area contributed by atoms with Crippen LogP contribution in [-0.2, 0) is 0 Å². The summed E-state index contributed by atoms with van der Waals surface area (Å²) in [6, 6.07) is 8.52. The van der Waals surface area contributed by atoms with Gasteiger partial charge in [-0.15, -0.1) is 11.3 Å². The second-order valence-corrected chi connectivity index (χ2v) is 5.07. The Morgan fingerprint density at radius 2 is 2.24 bits per heavy atom. The first-order chi connectivity index (χ1) is 8.25. The molecular formula is C13H13N3S. The van der Waals surface area contributed by atoms with E-state index in [0.717, 1.165) is 11.4 Å². The zero-order valence-electron chi connectivity index (χ0n) is 9.50. The molecule has 1 atom stereocenters. The van der Waals surface area contributed by atoms with E-state index in [1.165, 1.54) is 10.1 Å². The van der Waals surface area contributed by atoms with Crippen LogP contribution in [0.2, 0.25) is 0 Å². The van der Waals surface area contributed by atoms with Gasteiger partial charge >= 0.3 is 0 Å². The molecule has 4 heteroatoms. The molecule has 86 valence electrons. The Labute approximate surface area is 104 Å². The highest BCUT2D eigenvalue weighted by Crippen LogP contribution is 2.24. The summed E-state index contributed by atoms with van der Waals surface area (Å²) in [5.41, 5.74) is 8.07. The van der Waals surface area contributed by atoms with E-state index in [0.29, 0.717) is 0 Å². The fourth-order valence-corrected chi connectivity index (χ4v) is 2.73. The molecule has 0 aliphatic heterocycles. The molecule has 0 bridgehead atoms. The Bertz CT molecular complexity index is 651. The molecule has 0 aliphatic rings. The molecule has 3 aromatic rings. The van der Waals surface area contributed by atoms with Crippen LogP contribution >= 0.6 is 11.3 Å². The number of rotatable bonds is 2. The molecule has 0 radical (unpaired) electrons. The summed E-state index contributed by atoms with van der Waals surface area (Å²) in [5, 5.41) is 3.37. The van der Waals surface area contributed by atoms with E-state index < -0.39 is 0 Å². The lowest BCUT2D eigenvalue weighted by atomic mass is 10.2. The van der Waals surface area contributed by atoms with Crippen molar-refractivity contribution in [3.63, 3.8) is 0 Å². The standard InChI is InChI=1S/C13H13N3S/c1-9(14)12-7-15-8-16(12)11-2-3-13-10(6-11)4-5-17-13/h2-9H,14H2,1H3. The van der Waals surface area contributed by atoms with Crippen LogP contribution in [0.25, 0.3) is 15.8 Å². The summed E-state index contributed by atoms with van der Waals surface area (Å²) in [7, 11) is 0. The van der Waals surface area contributed by atoms with Crippen LogP contribution in [0.3, 0.4) is 0 Å². The first kappa shape index (κ1) is 10.5. The molecule has 0 fully saturated rings. The molecule has 3 rings (SSSR count). The van der Waals surface area contributed by atoms with E-state index in [9.17, 15) is 0 Å². The zero-order chi connectivity index (χ0) is 11.8. The number of fused-ring (bicyclic) bond motifs is 1. The maximum absolute atomic E-state index is 5.93. The van der Waals surface area contributed by atoms with Crippen molar-refractivity contribution in [2.75, 3.05) is 0 Å². The molecule has 2 heterocycles. The molecule has 0 aliphatic carbocycles. The first-order valence-corrected chi connectivity index (χ1v) is 6.39. The van der Waals surface area contributed by atoms with E-state index in [4.69, 9.17) is 5.73 Å². The predicted molar refractivity (Wildman–Crippen MR) is 71.5 cm³/mol. The SMILES string of the molecule is CC(N)c1cncn1-c1ccc2sccc2c1. The smallest absolute Gasteiger partial charge is 0.0994 e. The normalized spacial score (nSPS) is 13.1. The van der Waals surface area contributed by atoms with Gasteiger partial charge in [0.2, 0.25) is 0 Å². The van der Waals surface area contributed by atoms with Crippen molar-refractivity contribution in [3.05, 3.63) is 47.9 Å². The lowest BCUT2D eigenvalue weighted by molar-refractivity contribution is 0.753. The van der Waals surface area contributed by atoms with Crippen molar-refractivity contribution in [1.29, 1.82) is 0 Å². The molecule has 0 saturated carbocycles. The summed E-state index contributed by atoms with van der Waals surface area (Å²) < 4.78 is 3.35. The van der Waals surface area contributed by atoms with Crippen LogP contribution in [0.5, 0.6) is 0 Å². The molecule has 1 unspecified atom stereocenters. The van der Waals surface area contributed by atoms with Crippen molar-refractivity contribution >= 4 is 21.4 Å². The van der Waals surface area contributed by atoms with Crippen LogP contribution in [-0.4, -0.2) is 9.55 Å². The van der Waals surface area contributed by atoms with Crippen LogP contribution in [0.4, 0.5) is 0 Å². The summed E-state index contributed by atoms with van der Waals surface area (Å²) in [5.74, 6) is 0. The number of benzene rings is 1. The molecule has 2 aromatic heterocycles. The van der Waals surface area contributed by atoms with E-state index in [1.54, 1.807) is 11.3 Å². The van der Waals surface area contributed by atoms with Crippen LogP contribution in [0, 0.1) is 0 Å². The predicted octanol–water partition coefficient (Wildman–Crippen LogP) is 3.11. The molecule has 0 saturated heterocycles. The number of imidazole rings is 1. The minimum Gasteiger partial charge on any atom is -0.323 e. The molecule has 2 N–H and O–H groups in total. The fourth-order valence-electron chi connectivity index (χ4n) is 1.96. The Morgan fingerprint density at radius 1 is 1.35 bits per heavy atom. The van der Waals surface area contributed by atoms with Gasteiger partial charge in [0.15, 0.2) is 0 Å². The summed E-state index contributed by atoms with van der Waals surface area (Å²) in [6.07, 6.45) is 3.63. The number of hydrogen-bond acceptors (Lipinski definition) is 3. The molecule has 1 aromatic carbocycles. The Kier molecular flexibility index (Phi) is 2.46. The summed E-state index contributed by atoms with van der Waals surface area (Å²) >= 11 is 1.75. The van der Waals surface area contributed by atoms with Crippen molar-refractivity contribution < 1.29 is 0 Å². The Hall–Kier alpha value is -1.65.